The number of aliphatic hydroxyl groups excluding tert-OH is 3. The molecule has 4 N–H and O–H groups in total. The molecule has 0 aromatic carbocycles. The van der Waals surface area contributed by atoms with Gasteiger partial charge in [-0.05, 0) is 57.8 Å². The van der Waals surface area contributed by atoms with Crippen LogP contribution in [0.2, 0.25) is 0 Å². The highest BCUT2D eigenvalue weighted by molar-refractivity contribution is 5.76. The van der Waals surface area contributed by atoms with Crippen molar-refractivity contribution in [2.45, 2.75) is 199 Å². The first-order chi connectivity index (χ1) is 20.6. The Balaban J connectivity index is 3.72. The normalized spacial score (nSPS) is 14.1. The first-order valence-corrected chi connectivity index (χ1v) is 18.1. The van der Waals surface area contributed by atoms with E-state index in [4.69, 9.17) is 0 Å². The average molecular weight is 594 g/mol. The van der Waals surface area contributed by atoms with Crippen LogP contribution in [0.5, 0.6) is 0 Å². The molecule has 0 saturated heterocycles. The van der Waals surface area contributed by atoms with Gasteiger partial charge in [0.2, 0.25) is 5.91 Å². The van der Waals surface area contributed by atoms with E-state index in [2.05, 4.69) is 43.5 Å². The van der Waals surface area contributed by atoms with Gasteiger partial charge >= 0.3 is 0 Å². The van der Waals surface area contributed by atoms with E-state index >= 15 is 0 Å². The molecule has 0 saturated carbocycles. The van der Waals surface area contributed by atoms with Crippen LogP contribution < -0.4 is 5.32 Å². The fraction of sp³-hybridized carbons (Fsp3) is 0.865. The highest BCUT2D eigenvalue weighted by Gasteiger charge is 2.26. The Kier molecular flexibility index (Phi) is 31.8. The molecule has 0 rings (SSSR count). The summed E-state index contributed by atoms with van der Waals surface area (Å²) in [6.07, 6.45) is 37.2. The molecule has 3 unspecified atom stereocenters. The van der Waals surface area contributed by atoms with E-state index in [1.807, 2.05) is 0 Å². The number of unbranched alkanes of at least 4 members (excludes halogenated alkanes) is 20. The van der Waals surface area contributed by atoms with E-state index in [0.717, 1.165) is 38.5 Å². The van der Waals surface area contributed by atoms with Gasteiger partial charge in [-0.1, -0.05) is 141 Å². The van der Waals surface area contributed by atoms with Crippen molar-refractivity contribution in [1.29, 1.82) is 0 Å². The summed E-state index contributed by atoms with van der Waals surface area (Å²) in [5.74, 6) is -0.192. The largest absolute Gasteiger partial charge is 0.394 e. The predicted octanol–water partition coefficient (Wildman–Crippen LogP) is 9.48. The van der Waals surface area contributed by atoms with Gasteiger partial charge in [-0.2, -0.15) is 0 Å². The van der Waals surface area contributed by atoms with Crippen LogP contribution in [0.3, 0.4) is 0 Å². The van der Waals surface area contributed by atoms with Gasteiger partial charge in [0.25, 0.3) is 0 Å². The number of carbonyl (C=O) groups is 1. The Morgan fingerprint density at radius 2 is 0.952 bits per heavy atom. The minimum atomic E-state index is -1.17. The fourth-order valence-corrected chi connectivity index (χ4v) is 5.40. The molecule has 0 fully saturated rings. The summed E-state index contributed by atoms with van der Waals surface area (Å²) in [6.45, 7) is 4.10. The van der Waals surface area contributed by atoms with Crippen molar-refractivity contribution < 1.29 is 20.1 Å². The van der Waals surface area contributed by atoms with Crippen LogP contribution in [0.4, 0.5) is 0 Å². The lowest BCUT2D eigenvalue weighted by molar-refractivity contribution is -0.124. The van der Waals surface area contributed by atoms with E-state index in [0.29, 0.717) is 12.8 Å². The molecule has 248 valence electrons. The second kappa shape index (κ2) is 32.7. The third kappa shape index (κ3) is 27.7. The fourth-order valence-electron chi connectivity index (χ4n) is 5.40. The van der Waals surface area contributed by atoms with Crippen molar-refractivity contribution in [3.8, 4) is 0 Å². The minimum Gasteiger partial charge on any atom is -0.394 e. The molecule has 42 heavy (non-hydrogen) atoms. The molecule has 0 aromatic heterocycles. The van der Waals surface area contributed by atoms with Crippen LogP contribution in [0, 0.1) is 0 Å². The maximum absolute atomic E-state index is 12.2. The Hall–Kier alpha value is -1.17. The lowest BCUT2D eigenvalue weighted by Gasteiger charge is -2.26. The topological polar surface area (TPSA) is 89.8 Å². The SMILES string of the molecule is CCCCCC/C=C\CCCC(=O)NC(CO)C(O)C(O)CCC/C=C/CCCCCCCCCCCCCCCC. The molecule has 5 nitrogen and oxygen atoms in total. The van der Waals surface area contributed by atoms with Gasteiger partial charge in [-0.25, -0.2) is 0 Å². The zero-order valence-corrected chi connectivity index (χ0v) is 27.9. The zero-order chi connectivity index (χ0) is 30.9. The Morgan fingerprint density at radius 3 is 1.40 bits per heavy atom. The molecule has 0 bridgehead atoms. The number of hydrogen-bond acceptors (Lipinski definition) is 4. The summed E-state index contributed by atoms with van der Waals surface area (Å²) in [5.41, 5.74) is 0. The summed E-state index contributed by atoms with van der Waals surface area (Å²) in [4.78, 5) is 12.2. The standard InChI is InChI=1S/C37H71NO4/c1-3-5-7-9-11-13-14-15-16-17-18-19-20-21-22-24-25-27-29-31-35(40)37(42)34(33-39)38-36(41)32-30-28-26-23-12-10-8-6-4-2/h23-26,34-35,37,39-40,42H,3-22,27-33H2,1-2H3,(H,38,41)/b25-24+,26-23-. The molecule has 0 spiro atoms. The van der Waals surface area contributed by atoms with E-state index < -0.39 is 18.2 Å². The first-order valence-electron chi connectivity index (χ1n) is 18.1. The second-order valence-corrected chi connectivity index (χ2v) is 12.4. The molecule has 0 aliphatic carbocycles. The number of rotatable bonds is 32. The van der Waals surface area contributed by atoms with E-state index in [1.54, 1.807) is 0 Å². The predicted molar refractivity (Wildman–Crippen MR) is 181 cm³/mol. The van der Waals surface area contributed by atoms with E-state index in [9.17, 15) is 20.1 Å². The molecule has 0 aromatic rings. The van der Waals surface area contributed by atoms with Crippen molar-refractivity contribution in [2.24, 2.45) is 0 Å². The minimum absolute atomic E-state index is 0.192. The van der Waals surface area contributed by atoms with Gasteiger partial charge in [0, 0.05) is 6.42 Å². The number of aliphatic hydroxyl groups is 3. The average Bonchev–Trinajstić information content (AvgIpc) is 2.99. The molecule has 5 heteroatoms. The van der Waals surface area contributed by atoms with Crippen LogP contribution in [-0.4, -0.2) is 46.1 Å². The van der Waals surface area contributed by atoms with Crippen molar-refractivity contribution in [2.75, 3.05) is 6.61 Å². The molecule has 3 atom stereocenters. The van der Waals surface area contributed by atoms with Crippen LogP contribution in [-0.2, 0) is 4.79 Å². The van der Waals surface area contributed by atoms with Gasteiger partial charge in [0.05, 0.1) is 18.8 Å². The smallest absolute Gasteiger partial charge is 0.220 e. The quantitative estimate of drug-likeness (QED) is 0.0462. The molecule has 0 heterocycles. The lowest BCUT2D eigenvalue weighted by atomic mass is 10.0. The number of amides is 1. The Morgan fingerprint density at radius 1 is 0.571 bits per heavy atom. The summed E-state index contributed by atoms with van der Waals surface area (Å²) >= 11 is 0. The highest BCUT2D eigenvalue weighted by atomic mass is 16.3. The third-order valence-corrected chi connectivity index (χ3v) is 8.28. The van der Waals surface area contributed by atoms with Crippen molar-refractivity contribution >= 4 is 5.91 Å². The monoisotopic (exact) mass is 594 g/mol. The second-order valence-electron chi connectivity index (χ2n) is 12.4. The number of carbonyl (C=O) groups excluding carboxylic acids is 1. The van der Waals surface area contributed by atoms with Gasteiger partial charge < -0.3 is 20.6 Å². The zero-order valence-electron chi connectivity index (χ0n) is 27.9. The van der Waals surface area contributed by atoms with Gasteiger partial charge in [-0.3, -0.25) is 4.79 Å². The number of nitrogens with one attached hydrogen (secondary N) is 1. The molecule has 0 aliphatic heterocycles. The summed E-state index contributed by atoms with van der Waals surface area (Å²) < 4.78 is 0. The molecular weight excluding hydrogens is 522 g/mol. The lowest BCUT2D eigenvalue weighted by Crippen LogP contribution is -2.50. The summed E-state index contributed by atoms with van der Waals surface area (Å²) in [6, 6.07) is -0.836. The Labute approximate surface area is 261 Å². The van der Waals surface area contributed by atoms with Crippen LogP contribution in [0.25, 0.3) is 0 Å². The van der Waals surface area contributed by atoms with E-state index in [-0.39, 0.29) is 12.5 Å². The highest BCUT2D eigenvalue weighted by Crippen LogP contribution is 2.14. The van der Waals surface area contributed by atoms with Crippen LogP contribution in [0.15, 0.2) is 24.3 Å². The molecule has 1 amide bonds. The number of hydrogen-bond donors (Lipinski definition) is 4. The molecule has 0 aliphatic rings. The molecule has 0 radical (unpaired) electrons. The van der Waals surface area contributed by atoms with Gasteiger partial charge in [-0.15, -0.1) is 0 Å². The maximum Gasteiger partial charge on any atom is 0.220 e. The third-order valence-electron chi connectivity index (χ3n) is 8.28. The van der Waals surface area contributed by atoms with Crippen LogP contribution >= 0.6 is 0 Å². The van der Waals surface area contributed by atoms with Gasteiger partial charge in [0.15, 0.2) is 0 Å². The van der Waals surface area contributed by atoms with Crippen molar-refractivity contribution in [3.63, 3.8) is 0 Å². The maximum atomic E-state index is 12.2. The summed E-state index contributed by atoms with van der Waals surface area (Å²) in [5, 5.41) is 33.2. The van der Waals surface area contributed by atoms with Crippen molar-refractivity contribution in [1.82, 2.24) is 5.32 Å². The van der Waals surface area contributed by atoms with E-state index in [1.165, 1.54) is 116 Å². The van der Waals surface area contributed by atoms with Crippen molar-refractivity contribution in [3.05, 3.63) is 24.3 Å². The molecular formula is C37H71NO4. The first kappa shape index (κ1) is 40.8. The van der Waals surface area contributed by atoms with Gasteiger partial charge in [0.1, 0.15) is 6.10 Å². The Bertz CT molecular complexity index is 621. The summed E-state index contributed by atoms with van der Waals surface area (Å²) in [7, 11) is 0. The number of allylic oxidation sites excluding steroid dienone is 4. The van der Waals surface area contributed by atoms with Crippen LogP contribution in [0.1, 0.15) is 181 Å².